The Morgan fingerprint density at radius 1 is 0.360 bits per heavy atom. The first-order valence-electron chi connectivity index (χ1n) is 48.0. The number of pyridine rings is 4. The van der Waals surface area contributed by atoms with Gasteiger partial charge in [0.1, 0.15) is 42.3 Å². The Morgan fingerprint density at radius 2 is 0.707 bits per heavy atom. The Balaban J connectivity index is 0.000000101. The number of carbonyl (C=O) groups excluding carboxylic acids is 4. The van der Waals surface area contributed by atoms with Crippen LogP contribution >= 0.6 is 11.3 Å². The molecule has 8 atom stereocenters. The molecule has 34 nitrogen and oxygen atoms in total. The summed E-state index contributed by atoms with van der Waals surface area (Å²) in [4.78, 5) is 115. The number of alkyl halides is 2. The number of aromatic nitrogens is 8. The number of para-hydroxylation sites is 1. The molecule has 4 N–H and O–H groups in total. The predicted molar refractivity (Wildman–Crippen MR) is 523 cm³/mol. The average Bonchev–Trinajstić information content (AvgIpc) is 1.53. The third kappa shape index (κ3) is 13.7. The van der Waals surface area contributed by atoms with Crippen LogP contribution in [-0.4, -0.2) is 206 Å². The summed E-state index contributed by atoms with van der Waals surface area (Å²) in [5.74, 6) is -11.8. The zero-order chi connectivity index (χ0) is 103. The second-order valence-electron chi connectivity index (χ2n) is 37.6. The topological polar surface area (TPSA) is 370 Å². The number of thiophene rings is 1. The summed E-state index contributed by atoms with van der Waals surface area (Å²) in [6.07, 6.45) is 9.27. The van der Waals surface area contributed by atoms with Crippen LogP contribution in [0.4, 0.5) is 30.7 Å². The molecule has 17 heterocycles. The molecule has 4 saturated heterocycles. The number of imidazole rings is 1. The summed E-state index contributed by atoms with van der Waals surface area (Å²) < 4.78 is 150. The van der Waals surface area contributed by atoms with E-state index in [2.05, 4.69) is 32.0 Å². The zero-order valence-electron chi connectivity index (χ0n) is 78.2. The normalized spacial score (nSPS) is 20.5. The van der Waals surface area contributed by atoms with Crippen LogP contribution in [-0.2, 0) is 31.3 Å². The maximum atomic E-state index is 15.8. The van der Waals surface area contributed by atoms with Crippen molar-refractivity contribution in [2.75, 3.05) is 99.1 Å². The molecule has 0 bridgehead atoms. The fourth-order valence-corrected chi connectivity index (χ4v) is 24.8. The lowest BCUT2D eigenvalue weighted by Gasteiger charge is -2.51. The van der Waals surface area contributed by atoms with Gasteiger partial charge in [-0.1, -0.05) is 144 Å². The number of halogens is 7. The highest BCUT2D eigenvalue weighted by atomic mass is 32.1. The van der Waals surface area contributed by atoms with Gasteiger partial charge in [-0.15, -0.1) is 11.3 Å². The molecule has 16 aromatic rings. The number of aromatic hydroxyl groups is 4. The largest absolute Gasteiger partial charge is 0.502 e. The molecular formula is C108H79F7N16O18S. The maximum Gasteiger partial charge on any atom is 0.278 e. The lowest BCUT2D eigenvalue weighted by atomic mass is 9.87. The molecule has 150 heavy (non-hydrogen) atoms. The third-order valence-corrected chi connectivity index (χ3v) is 31.1. The van der Waals surface area contributed by atoms with Gasteiger partial charge in [0.2, 0.25) is 21.7 Å². The van der Waals surface area contributed by atoms with Gasteiger partial charge in [-0.3, -0.25) is 81.7 Å². The van der Waals surface area contributed by atoms with E-state index in [0.29, 0.717) is 64.3 Å². The number of hydrogen-bond acceptors (Lipinski definition) is 26. The van der Waals surface area contributed by atoms with Gasteiger partial charge in [0.05, 0.1) is 106 Å². The van der Waals surface area contributed by atoms with E-state index in [1.54, 1.807) is 79.5 Å². The van der Waals surface area contributed by atoms with E-state index in [1.807, 2.05) is 89.4 Å². The van der Waals surface area contributed by atoms with Crippen molar-refractivity contribution in [2.45, 2.75) is 67.6 Å². The Labute approximate surface area is 845 Å². The first kappa shape index (κ1) is 92.4. The van der Waals surface area contributed by atoms with Crippen LogP contribution in [0.5, 0.6) is 23.0 Å². The highest BCUT2D eigenvalue weighted by molar-refractivity contribution is 7.14. The molecule has 8 aromatic heterocycles. The van der Waals surface area contributed by atoms with Crippen molar-refractivity contribution in [2.24, 2.45) is 0 Å². The summed E-state index contributed by atoms with van der Waals surface area (Å²) in [5, 5.41) is 59.9. The Bertz CT molecular complexity index is 8410. The minimum atomic E-state index is -3.41. The van der Waals surface area contributed by atoms with E-state index in [-0.39, 0.29) is 140 Å². The van der Waals surface area contributed by atoms with Crippen LogP contribution in [0.25, 0.3) is 83.5 Å². The molecule has 0 spiro atoms. The molecular weight excluding hydrogens is 1970 g/mol. The van der Waals surface area contributed by atoms with E-state index in [4.69, 9.17) is 28.0 Å². The van der Waals surface area contributed by atoms with Crippen molar-refractivity contribution in [1.29, 1.82) is 0 Å². The van der Waals surface area contributed by atoms with Crippen molar-refractivity contribution in [1.82, 2.24) is 58.2 Å². The van der Waals surface area contributed by atoms with E-state index in [0.717, 1.165) is 86.2 Å². The molecule has 29 rings (SSSR count). The highest BCUT2D eigenvalue weighted by Gasteiger charge is 2.55. The second kappa shape index (κ2) is 35.1. The Hall–Kier alpha value is -17.5. The summed E-state index contributed by atoms with van der Waals surface area (Å²) >= 11 is 1.44. The van der Waals surface area contributed by atoms with Crippen LogP contribution in [0.2, 0.25) is 0 Å². The molecule has 0 saturated carbocycles. The lowest BCUT2D eigenvalue weighted by Crippen LogP contribution is -2.66. The van der Waals surface area contributed by atoms with Crippen molar-refractivity contribution >= 4 is 35.0 Å². The summed E-state index contributed by atoms with van der Waals surface area (Å²) in [5.41, 5.74) is 7.26. The van der Waals surface area contributed by atoms with Gasteiger partial charge >= 0.3 is 0 Å². The summed E-state index contributed by atoms with van der Waals surface area (Å²) in [6, 6.07) is 47.8. The summed E-state index contributed by atoms with van der Waals surface area (Å²) in [7, 11) is 0. The maximum absolute atomic E-state index is 15.8. The molecule has 42 heteroatoms. The molecule has 9 aliphatic heterocycles. The van der Waals surface area contributed by atoms with E-state index in [9.17, 15) is 67.6 Å². The monoisotopic (exact) mass is 2050 g/mol. The van der Waals surface area contributed by atoms with Crippen molar-refractivity contribution in [3.8, 4) is 107 Å². The third-order valence-electron chi connectivity index (χ3n) is 30.1. The van der Waals surface area contributed by atoms with Crippen molar-refractivity contribution < 1.29 is 98.3 Å². The van der Waals surface area contributed by atoms with Crippen LogP contribution in [0, 0.1) is 29.1 Å². The first-order valence-corrected chi connectivity index (χ1v) is 48.9. The van der Waals surface area contributed by atoms with Gasteiger partial charge in [-0.25, -0.2) is 35.7 Å². The SMILES string of the molecule is O=C1c2c(O)c(=O)ccn2N(C2c3ccccc3-c3nccn3-c3ccccc32)C2COCCN12.O=C1c2c(O)c(=O)ccn2N(C2c3ccccc3-c3oncc3-c3c2ccc(F)c3F)C2COCCN12.O=C1c2c(O)c(=O)ccn2N([C@@H]2c3ccccc3-c3oncc3-c3c2ccc(F)c3F)[C@@H]2COCCN12.O=C1c2c(O)c(=O)ccn2N([C@@H]2c3ccccc3-c3scc4c3-c3c2ccc(F)c3C(F)(F)CC4)[C@@H]2COCCN12. The molecule has 8 aromatic carbocycles. The summed E-state index contributed by atoms with van der Waals surface area (Å²) in [6.45, 7) is 2.80. The number of hydrogen-bond donors (Lipinski definition) is 4. The fraction of sp³-hybridized carbons (Fsp3) is 0.213. The first-order chi connectivity index (χ1) is 72.9. The van der Waals surface area contributed by atoms with Gasteiger partial charge in [0.15, 0.2) is 80.6 Å². The minimum absolute atomic E-state index is 0.0237. The van der Waals surface area contributed by atoms with Gasteiger partial charge in [0, 0.05) is 143 Å². The number of benzene rings is 8. The van der Waals surface area contributed by atoms with Gasteiger partial charge in [-0.2, -0.15) is 0 Å². The number of aryl methyl sites for hydroxylation is 1. The highest BCUT2D eigenvalue weighted by Crippen LogP contribution is 2.60. The Morgan fingerprint density at radius 3 is 1.12 bits per heavy atom. The van der Waals surface area contributed by atoms with Crippen LogP contribution in [0.1, 0.15) is 128 Å². The standard InChI is InChI=1S/C30H22F3N3O4S.2C26H18F2N4O5.C26H21N5O4/c31-19-6-5-18-23-22-15(7-9-30(32,33)24(19)23)14-41-28(22)17-4-2-1-3-16(17)25(18)36-21-13-40-12-11-34(21)29(39)26-27(38)20(37)8-10-35(26)36;2*27-17-6-5-15-20(21(17)28)16-11-29-37-25(16)14-4-2-1-3-13(14)22(15)32-19-12-36-10-9-30(19)26(35)23-24(34)18(33)7-8-31(23)32;32-20-9-11-30-23(24(20)33)26(34)29-13-14-35-15-21(29)31(30)22-16-5-1-2-6-17(16)25-27-10-12-28(25)19-8-4-3-7-18(19)22/h1-6,8,10,14,21,25,38H,7,9,11-13H2;2*1-8,11,19,22,34H,9-10,12H2;1-12,21-22,33H,13-15H2/t21-,25-;19-,22-;;/m11../s1. The van der Waals surface area contributed by atoms with Crippen LogP contribution in [0.15, 0.2) is 265 Å². The molecule has 13 aliphatic rings. The van der Waals surface area contributed by atoms with Crippen LogP contribution < -0.4 is 41.8 Å². The number of morpholine rings is 4. The van der Waals surface area contributed by atoms with Crippen molar-refractivity contribution in [3.05, 3.63) is 385 Å². The molecule has 4 fully saturated rings. The van der Waals surface area contributed by atoms with Crippen LogP contribution in [0.3, 0.4) is 0 Å². The number of ether oxygens (including phenoxy) is 4. The average molecular weight is 2050 g/mol. The van der Waals surface area contributed by atoms with Gasteiger partial charge in [0.25, 0.3) is 29.6 Å². The number of fused-ring (bicyclic) bond motifs is 25. The van der Waals surface area contributed by atoms with E-state index >= 15 is 22.0 Å². The van der Waals surface area contributed by atoms with E-state index in [1.165, 1.54) is 89.2 Å². The van der Waals surface area contributed by atoms with E-state index < -0.39 is 152 Å². The second-order valence-corrected chi connectivity index (χ2v) is 38.5. The predicted octanol–water partition coefficient (Wildman–Crippen LogP) is 13.3. The molecule has 0 radical (unpaired) electrons. The van der Waals surface area contributed by atoms with Gasteiger partial charge < -0.3 is 68.0 Å². The Kier molecular flexibility index (Phi) is 21.6. The smallest absolute Gasteiger partial charge is 0.278 e. The number of amides is 4. The lowest BCUT2D eigenvalue weighted by molar-refractivity contribution is -0.0199. The number of carbonyl (C=O) groups is 4. The molecule has 4 amide bonds. The fourth-order valence-electron chi connectivity index (χ4n) is 23.6. The molecule has 754 valence electrons. The number of nitrogens with zero attached hydrogens (tertiary/aromatic N) is 16. The molecule has 4 unspecified atom stereocenters. The zero-order valence-corrected chi connectivity index (χ0v) is 79.1. The number of rotatable bonds is 4. The minimum Gasteiger partial charge on any atom is -0.502 e. The van der Waals surface area contributed by atoms with Gasteiger partial charge in [-0.05, 0) is 86.1 Å². The quantitative estimate of drug-likeness (QED) is 0.119. The molecule has 4 aliphatic carbocycles. The van der Waals surface area contributed by atoms with Crippen molar-refractivity contribution in [3.63, 3.8) is 0 Å².